The predicted octanol–water partition coefficient (Wildman–Crippen LogP) is 3.79. The molecule has 3 N–H and O–H groups in total. The lowest BCUT2D eigenvalue weighted by Crippen LogP contribution is -2.27. The lowest BCUT2D eigenvalue weighted by molar-refractivity contribution is -0.134. The van der Waals surface area contributed by atoms with Gasteiger partial charge in [-0.3, -0.25) is 4.99 Å². The number of benzene rings is 2. The van der Waals surface area contributed by atoms with Gasteiger partial charge < -0.3 is 15.5 Å². The molecule has 0 radical (unpaired) electrons. The van der Waals surface area contributed by atoms with Gasteiger partial charge in [-0.15, -0.1) is 11.8 Å². The van der Waals surface area contributed by atoms with Crippen molar-refractivity contribution < 1.29 is 19.8 Å². The number of fused-ring (bicyclic) bond motifs is 2. The molecule has 0 saturated heterocycles. The summed E-state index contributed by atoms with van der Waals surface area (Å²) in [6.07, 6.45) is 1.12. The molecular formula is C21H19ClN2O4S. The molecule has 2 aliphatic heterocycles. The molecule has 0 amide bonds. The summed E-state index contributed by atoms with van der Waals surface area (Å²) < 4.78 is 0. The Bertz CT molecular complexity index is 974. The fraction of sp³-hybridized carbons (Fsp3) is 0.190. The molecule has 2 aliphatic rings. The third kappa shape index (κ3) is 5.40. The van der Waals surface area contributed by atoms with Crippen molar-refractivity contribution in [3.63, 3.8) is 0 Å². The smallest absolute Gasteiger partial charge is 0.328 e. The van der Waals surface area contributed by atoms with Crippen LogP contribution in [-0.4, -0.2) is 41.1 Å². The van der Waals surface area contributed by atoms with E-state index in [-0.39, 0.29) is 5.92 Å². The quantitative estimate of drug-likeness (QED) is 0.641. The maximum absolute atomic E-state index is 9.55. The van der Waals surface area contributed by atoms with Crippen molar-refractivity contribution in [1.82, 2.24) is 5.32 Å². The van der Waals surface area contributed by atoms with Crippen molar-refractivity contribution in [1.29, 1.82) is 0 Å². The van der Waals surface area contributed by atoms with Crippen LogP contribution in [0.4, 0.5) is 0 Å². The van der Waals surface area contributed by atoms with Gasteiger partial charge in [0, 0.05) is 34.4 Å². The number of nitrogens with zero attached hydrogens (tertiary/aromatic N) is 1. The molecular weight excluding hydrogens is 412 g/mol. The van der Waals surface area contributed by atoms with Gasteiger partial charge in [0.15, 0.2) is 0 Å². The van der Waals surface area contributed by atoms with E-state index in [0.29, 0.717) is 12.2 Å². The Balaban J connectivity index is 0.000000258. The van der Waals surface area contributed by atoms with Crippen LogP contribution in [-0.2, 0) is 15.3 Å². The van der Waals surface area contributed by atoms with Crippen LogP contribution in [0.3, 0.4) is 0 Å². The summed E-state index contributed by atoms with van der Waals surface area (Å²) in [5.74, 6) is -0.269. The summed E-state index contributed by atoms with van der Waals surface area (Å²) in [7, 11) is 0. The number of carboxylic acid groups (broad SMARTS) is 2. The molecule has 2 heterocycles. The third-order valence-corrected chi connectivity index (χ3v) is 5.75. The van der Waals surface area contributed by atoms with Crippen LogP contribution in [0.1, 0.15) is 22.6 Å². The first-order chi connectivity index (χ1) is 14.0. The van der Waals surface area contributed by atoms with Gasteiger partial charge in [0.2, 0.25) is 0 Å². The Hall–Kier alpha value is -2.77. The first-order valence-electron chi connectivity index (χ1n) is 8.88. The van der Waals surface area contributed by atoms with Gasteiger partial charge >= 0.3 is 11.9 Å². The molecule has 6 nitrogen and oxygen atoms in total. The minimum absolute atomic E-state index is 0.174. The molecule has 0 bridgehead atoms. The fourth-order valence-corrected chi connectivity index (χ4v) is 4.46. The highest BCUT2D eigenvalue weighted by atomic mass is 35.5. The van der Waals surface area contributed by atoms with Crippen LogP contribution >= 0.6 is 23.4 Å². The zero-order chi connectivity index (χ0) is 20.8. The van der Waals surface area contributed by atoms with Crippen molar-refractivity contribution in [3.8, 4) is 0 Å². The van der Waals surface area contributed by atoms with Gasteiger partial charge in [0.1, 0.15) is 5.84 Å². The molecule has 150 valence electrons. The number of carbonyl (C=O) groups is 2. The van der Waals surface area contributed by atoms with Crippen LogP contribution < -0.4 is 5.32 Å². The number of hydrogen-bond donors (Lipinski definition) is 3. The van der Waals surface area contributed by atoms with Gasteiger partial charge in [0.05, 0.1) is 12.5 Å². The number of carboxylic acids is 2. The summed E-state index contributed by atoms with van der Waals surface area (Å²) in [6.45, 7) is 1.79. The number of rotatable bonds is 3. The number of aliphatic imine (C=N–C) groups is 1. The van der Waals surface area contributed by atoms with E-state index in [1.165, 1.54) is 21.6 Å². The minimum Gasteiger partial charge on any atom is -0.478 e. The average Bonchev–Trinajstić information content (AvgIpc) is 3.16. The van der Waals surface area contributed by atoms with Crippen molar-refractivity contribution in [2.45, 2.75) is 16.6 Å². The lowest BCUT2D eigenvalue weighted by atomic mass is 9.87. The molecule has 2 aromatic rings. The largest absolute Gasteiger partial charge is 0.478 e. The number of halogens is 1. The fourth-order valence-electron chi connectivity index (χ4n) is 3.19. The Morgan fingerprint density at radius 3 is 2.48 bits per heavy atom. The zero-order valence-electron chi connectivity index (χ0n) is 15.3. The van der Waals surface area contributed by atoms with E-state index in [4.69, 9.17) is 21.8 Å². The molecule has 1 atom stereocenters. The third-order valence-electron chi connectivity index (χ3n) is 4.37. The van der Waals surface area contributed by atoms with Crippen LogP contribution in [0.5, 0.6) is 0 Å². The summed E-state index contributed by atoms with van der Waals surface area (Å²) >= 11 is 8.14. The van der Waals surface area contributed by atoms with Crippen LogP contribution in [0.15, 0.2) is 64.5 Å². The van der Waals surface area contributed by atoms with Gasteiger partial charge in [-0.25, -0.2) is 9.59 Å². The molecule has 1 unspecified atom stereocenters. The second kappa shape index (κ2) is 9.62. The Morgan fingerprint density at radius 2 is 1.83 bits per heavy atom. The van der Waals surface area contributed by atoms with Gasteiger partial charge in [-0.05, 0) is 34.9 Å². The van der Waals surface area contributed by atoms with Crippen molar-refractivity contribution in [2.75, 3.05) is 13.1 Å². The standard InChI is InChI=1S/C17H15ClN2S.C4H4O4/c18-12-5-6-15-14(9-12)16(17-19-7-8-20-17)13-4-2-1-3-11(13)10-21-15;5-3(6)1-2-4(7)8/h1-6,9,16H,7-8,10H2,(H,19,20);1-2H,(H,5,6)(H,7,8)/b;2-1-. The molecule has 0 fully saturated rings. The molecule has 0 spiro atoms. The number of thioether (sulfide) groups is 1. The Morgan fingerprint density at radius 1 is 1.10 bits per heavy atom. The zero-order valence-corrected chi connectivity index (χ0v) is 16.9. The van der Waals surface area contributed by atoms with E-state index in [2.05, 4.69) is 46.7 Å². The maximum atomic E-state index is 9.55. The monoisotopic (exact) mass is 430 g/mol. The second-order valence-electron chi connectivity index (χ2n) is 6.31. The molecule has 0 aliphatic carbocycles. The van der Waals surface area contributed by atoms with E-state index in [1.54, 1.807) is 0 Å². The normalized spacial score (nSPS) is 17.1. The molecule has 4 rings (SSSR count). The summed E-state index contributed by atoms with van der Waals surface area (Å²) in [5.41, 5.74) is 4.00. The van der Waals surface area contributed by atoms with E-state index in [0.717, 1.165) is 29.7 Å². The van der Waals surface area contributed by atoms with Gasteiger partial charge in [0.25, 0.3) is 0 Å². The topological polar surface area (TPSA) is 99.0 Å². The highest BCUT2D eigenvalue weighted by molar-refractivity contribution is 7.98. The highest BCUT2D eigenvalue weighted by Gasteiger charge is 2.29. The summed E-state index contributed by atoms with van der Waals surface area (Å²) in [6, 6.07) is 14.9. The Kier molecular flexibility index (Phi) is 6.95. The highest BCUT2D eigenvalue weighted by Crippen LogP contribution is 2.42. The average molecular weight is 431 g/mol. The number of aliphatic carboxylic acids is 2. The molecule has 0 saturated carbocycles. The van der Waals surface area contributed by atoms with E-state index in [1.807, 2.05) is 17.8 Å². The minimum atomic E-state index is -1.26. The first kappa shape index (κ1) is 21.0. The number of nitrogens with one attached hydrogen (secondary N) is 1. The van der Waals surface area contributed by atoms with Crippen molar-refractivity contribution in [2.24, 2.45) is 4.99 Å². The summed E-state index contributed by atoms with van der Waals surface area (Å²) in [5, 5.41) is 19.9. The van der Waals surface area contributed by atoms with Crippen LogP contribution in [0.25, 0.3) is 0 Å². The molecule has 29 heavy (non-hydrogen) atoms. The SMILES string of the molecule is Clc1ccc2c(c1)C(C1=NCCN1)c1ccccc1CS2.O=C(O)/C=C\C(=O)O. The van der Waals surface area contributed by atoms with Crippen molar-refractivity contribution in [3.05, 3.63) is 76.3 Å². The van der Waals surface area contributed by atoms with Crippen LogP contribution in [0.2, 0.25) is 5.02 Å². The molecule has 8 heteroatoms. The second-order valence-corrected chi connectivity index (χ2v) is 7.76. The summed E-state index contributed by atoms with van der Waals surface area (Å²) in [4.78, 5) is 25.1. The lowest BCUT2D eigenvalue weighted by Gasteiger charge is -2.20. The maximum Gasteiger partial charge on any atom is 0.328 e. The van der Waals surface area contributed by atoms with Gasteiger partial charge in [-0.1, -0.05) is 35.9 Å². The first-order valence-corrected chi connectivity index (χ1v) is 10.2. The van der Waals surface area contributed by atoms with Crippen LogP contribution in [0, 0.1) is 0 Å². The molecule has 2 aromatic carbocycles. The number of hydrogen-bond acceptors (Lipinski definition) is 5. The predicted molar refractivity (Wildman–Crippen MR) is 114 cm³/mol. The van der Waals surface area contributed by atoms with Crippen molar-refractivity contribution >= 4 is 41.1 Å². The van der Waals surface area contributed by atoms with E-state index < -0.39 is 11.9 Å². The number of amidine groups is 1. The molecule has 0 aromatic heterocycles. The van der Waals surface area contributed by atoms with Gasteiger partial charge in [-0.2, -0.15) is 0 Å². The Labute approximate surface area is 177 Å². The van der Waals surface area contributed by atoms with E-state index >= 15 is 0 Å². The van der Waals surface area contributed by atoms with E-state index in [9.17, 15) is 9.59 Å².